The Balaban J connectivity index is 1.98. The van der Waals surface area contributed by atoms with Gasteiger partial charge >= 0.3 is 5.97 Å². The van der Waals surface area contributed by atoms with Crippen LogP contribution in [-0.4, -0.2) is 24.1 Å². The number of aromatic nitrogens is 1. The van der Waals surface area contributed by atoms with Gasteiger partial charge in [-0.25, -0.2) is 13.2 Å². The molecule has 0 aliphatic heterocycles. The second-order valence-electron chi connectivity index (χ2n) is 5.96. The molecule has 0 aliphatic rings. The van der Waals surface area contributed by atoms with Crippen molar-refractivity contribution in [1.82, 2.24) is 4.57 Å². The highest BCUT2D eigenvalue weighted by Crippen LogP contribution is 2.23. The summed E-state index contributed by atoms with van der Waals surface area (Å²) in [5.41, 5.74) is 2.33. The molecule has 3 rings (SSSR count). The van der Waals surface area contributed by atoms with Crippen LogP contribution in [0.2, 0.25) is 0 Å². The van der Waals surface area contributed by atoms with Crippen LogP contribution in [0.4, 0.5) is 5.69 Å². The lowest BCUT2D eigenvalue weighted by Crippen LogP contribution is -2.15. The fraction of sp³-hybridized carbons (Fsp3) is 0.105. The number of rotatable bonds is 5. The first-order valence-electron chi connectivity index (χ1n) is 7.89. The van der Waals surface area contributed by atoms with E-state index >= 15 is 0 Å². The largest absolute Gasteiger partial charge is 0.478 e. The highest BCUT2D eigenvalue weighted by atomic mass is 32.2. The molecule has 0 saturated heterocycles. The Morgan fingerprint density at radius 1 is 1.04 bits per heavy atom. The number of nitrogens with zero attached hydrogens (tertiary/aromatic N) is 1. The van der Waals surface area contributed by atoms with E-state index in [1.54, 1.807) is 32.0 Å². The first-order chi connectivity index (χ1) is 12.3. The maximum atomic E-state index is 12.7. The van der Waals surface area contributed by atoms with Gasteiger partial charge in [0.25, 0.3) is 10.0 Å². The van der Waals surface area contributed by atoms with E-state index in [-0.39, 0.29) is 10.5 Å². The van der Waals surface area contributed by atoms with Crippen molar-refractivity contribution < 1.29 is 18.3 Å². The number of carbonyl (C=O) groups is 1. The van der Waals surface area contributed by atoms with Crippen LogP contribution in [0.15, 0.2) is 65.8 Å². The zero-order chi connectivity index (χ0) is 18.9. The number of hydrogen-bond donors (Lipinski definition) is 2. The number of sulfonamides is 1. The van der Waals surface area contributed by atoms with Gasteiger partial charge < -0.3 is 9.67 Å². The van der Waals surface area contributed by atoms with E-state index in [1.165, 1.54) is 12.1 Å². The van der Waals surface area contributed by atoms with Crippen molar-refractivity contribution in [1.29, 1.82) is 0 Å². The van der Waals surface area contributed by atoms with Gasteiger partial charge in [-0.2, -0.15) is 0 Å². The number of aromatic carboxylic acids is 1. The molecule has 0 unspecified atom stereocenters. The molecule has 1 heterocycles. The molecule has 0 radical (unpaired) electrons. The Labute approximate surface area is 151 Å². The van der Waals surface area contributed by atoms with Crippen LogP contribution >= 0.6 is 0 Å². The quantitative estimate of drug-likeness (QED) is 0.718. The average Bonchev–Trinajstić information content (AvgIpc) is 3.11. The molecule has 0 aliphatic carbocycles. The van der Waals surface area contributed by atoms with Gasteiger partial charge in [-0.15, -0.1) is 0 Å². The molecule has 6 nitrogen and oxygen atoms in total. The minimum atomic E-state index is -3.92. The van der Waals surface area contributed by atoms with Crippen molar-refractivity contribution in [2.75, 3.05) is 4.72 Å². The monoisotopic (exact) mass is 370 g/mol. The summed E-state index contributed by atoms with van der Waals surface area (Å²) in [5, 5.41) is 9.29. The first kappa shape index (κ1) is 17.8. The summed E-state index contributed by atoms with van der Waals surface area (Å²) in [4.78, 5) is 11.3. The molecule has 1 aromatic heterocycles. The smallest absolute Gasteiger partial charge is 0.336 e. The molecule has 0 atom stereocenters. The zero-order valence-corrected chi connectivity index (χ0v) is 15.1. The lowest BCUT2D eigenvalue weighted by Gasteiger charge is -2.13. The van der Waals surface area contributed by atoms with Crippen LogP contribution in [0.5, 0.6) is 0 Å². The van der Waals surface area contributed by atoms with Crippen LogP contribution in [0.1, 0.15) is 21.5 Å². The summed E-state index contributed by atoms with van der Waals surface area (Å²) >= 11 is 0. The number of benzene rings is 2. The number of anilines is 1. The van der Waals surface area contributed by atoms with Gasteiger partial charge in [-0.3, -0.25) is 4.72 Å². The normalized spacial score (nSPS) is 11.3. The summed E-state index contributed by atoms with van der Waals surface area (Å²) in [6, 6.07) is 13.4. The predicted molar refractivity (Wildman–Crippen MR) is 99.5 cm³/mol. The van der Waals surface area contributed by atoms with E-state index in [0.717, 1.165) is 5.69 Å². The Morgan fingerprint density at radius 3 is 2.38 bits per heavy atom. The van der Waals surface area contributed by atoms with E-state index in [2.05, 4.69) is 4.72 Å². The lowest BCUT2D eigenvalue weighted by atomic mass is 10.0. The van der Waals surface area contributed by atoms with Crippen LogP contribution in [0.3, 0.4) is 0 Å². The summed E-state index contributed by atoms with van der Waals surface area (Å²) in [5.74, 6) is -1.16. The maximum Gasteiger partial charge on any atom is 0.336 e. The van der Waals surface area contributed by atoms with Crippen molar-refractivity contribution in [3.05, 3.63) is 77.6 Å². The molecule has 2 aromatic carbocycles. The van der Waals surface area contributed by atoms with Crippen LogP contribution in [-0.2, 0) is 10.0 Å². The van der Waals surface area contributed by atoms with Gasteiger partial charge in [-0.05, 0) is 67.4 Å². The van der Waals surface area contributed by atoms with Crippen molar-refractivity contribution in [3.63, 3.8) is 0 Å². The zero-order valence-electron chi connectivity index (χ0n) is 14.3. The number of carboxylic acids is 1. The third kappa shape index (κ3) is 3.48. The minimum absolute atomic E-state index is 0.0218. The average molecular weight is 370 g/mol. The number of carboxylic acid groups (broad SMARTS) is 1. The fourth-order valence-electron chi connectivity index (χ4n) is 2.65. The number of hydrogen-bond acceptors (Lipinski definition) is 3. The van der Waals surface area contributed by atoms with Gasteiger partial charge in [0.05, 0.1) is 16.1 Å². The first-order valence-corrected chi connectivity index (χ1v) is 9.37. The Hall–Kier alpha value is -3.06. The summed E-state index contributed by atoms with van der Waals surface area (Å²) in [6.07, 6.45) is 3.71. The van der Waals surface area contributed by atoms with E-state index in [4.69, 9.17) is 0 Å². The third-order valence-electron chi connectivity index (χ3n) is 4.18. The third-order valence-corrected chi connectivity index (χ3v) is 5.54. The van der Waals surface area contributed by atoms with Crippen LogP contribution in [0.25, 0.3) is 5.69 Å². The summed E-state index contributed by atoms with van der Waals surface area (Å²) in [6.45, 7) is 3.34. The second kappa shape index (κ2) is 6.68. The molecule has 0 amide bonds. The van der Waals surface area contributed by atoms with Gasteiger partial charge in [-0.1, -0.05) is 6.07 Å². The Bertz CT molecular complexity index is 1070. The van der Waals surface area contributed by atoms with E-state index in [9.17, 15) is 18.3 Å². The van der Waals surface area contributed by atoms with E-state index in [1.807, 2.05) is 35.2 Å². The van der Waals surface area contributed by atoms with Crippen LogP contribution in [0, 0.1) is 13.8 Å². The minimum Gasteiger partial charge on any atom is -0.478 e. The molecule has 0 fully saturated rings. The molecule has 3 aromatic rings. The van der Waals surface area contributed by atoms with Gasteiger partial charge in [0.1, 0.15) is 0 Å². The molecule has 26 heavy (non-hydrogen) atoms. The molecular formula is C19H18N2O4S. The Kier molecular flexibility index (Phi) is 4.56. The number of nitrogens with one attached hydrogen (secondary N) is 1. The second-order valence-corrected chi connectivity index (χ2v) is 7.65. The van der Waals surface area contributed by atoms with Crippen molar-refractivity contribution in [2.24, 2.45) is 0 Å². The SMILES string of the molecule is Cc1cc(S(=O)(=O)Nc2cccc(-n3cccc3)c2)cc(C(=O)O)c1C. The molecule has 2 N–H and O–H groups in total. The van der Waals surface area contributed by atoms with Crippen molar-refractivity contribution in [3.8, 4) is 5.69 Å². The Morgan fingerprint density at radius 2 is 1.73 bits per heavy atom. The highest BCUT2D eigenvalue weighted by Gasteiger charge is 2.19. The predicted octanol–water partition coefficient (Wildman–Crippen LogP) is 3.59. The fourth-order valence-corrected chi connectivity index (χ4v) is 3.81. The molecular weight excluding hydrogens is 352 g/mol. The molecule has 7 heteroatoms. The van der Waals surface area contributed by atoms with Crippen molar-refractivity contribution in [2.45, 2.75) is 18.7 Å². The highest BCUT2D eigenvalue weighted by molar-refractivity contribution is 7.92. The lowest BCUT2D eigenvalue weighted by molar-refractivity contribution is 0.0695. The maximum absolute atomic E-state index is 12.7. The standard InChI is InChI=1S/C19H18N2O4S/c1-13-10-17(12-18(14(13)2)19(22)23)26(24,25)20-15-6-5-7-16(11-15)21-8-3-4-9-21/h3-12,20H,1-2H3,(H,22,23). The van der Waals surface area contributed by atoms with E-state index in [0.29, 0.717) is 16.8 Å². The van der Waals surface area contributed by atoms with E-state index < -0.39 is 16.0 Å². The molecule has 0 bridgehead atoms. The van der Waals surface area contributed by atoms with Crippen molar-refractivity contribution >= 4 is 21.7 Å². The van der Waals surface area contributed by atoms with Crippen LogP contribution < -0.4 is 4.72 Å². The van der Waals surface area contributed by atoms with Gasteiger partial charge in [0.2, 0.25) is 0 Å². The summed E-state index contributed by atoms with van der Waals surface area (Å²) < 4.78 is 29.8. The van der Waals surface area contributed by atoms with Gasteiger partial charge in [0, 0.05) is 18.1 Å². The van der Waals surface area contributed by atoms with Gasteiger partial charge in [0.15, 0.2) is 0 Å². The summed E-state index contributed by atoms with van der Waals surface area (Å²) in [7, 11) is -3.92. The molecule has 134 valence electrons. The molecule has 0 spiro atoms. The molecule has 0 saturated carbocycles. The topological polar surface area (TPSA) is 88.4 Å². The number of aryl methyl sites for hydroxylation is 1.